The molecule has 1 amide bonds. The minimum Gasteiger partial charge on any atom is -0.483 e. The maximum absolute atomic E-state index is 12.3. The zero-order valence-corrected chi connectivity index (χ0v) is 18.3. The first kappa shape index (κ1) is 21.2. The minimum atomic E-state index is -0.271. The van der Waals surface area contributed by atoms with Crippen molar-refractivity contribution in [3.05, 3.63) is 64.4 Å². The molecular weight excluding hydrogens is 408 g/mol. The monoisotopic (exact) mass is 430 g/mol. The molecule has 3 aromatic rings. The van der Waals surface area contributed by atoms with Crippen LogP contribution in [0.25, 0.3) is 0 Å². The van der Waals surface area contributed by atoms with E-state index >= 15 is 0 Å². The van der Waals surface area contributed by atoms with Crippen molar-refractivity contribution in [2.75, 3.05) is 11.1 Å². The molecule has 0 aliphatic rings. The summed E-state index contributed by atoms with van der Waals surface area (Å²) in [5.41, 5.74) is 2.73. The topological polar surface area (TPSA) is 69.0 Å². The number of halogens is 1. The summed E-state index contributed by atoms with van der Waals surface area (Å²) < 4.78 is 7.80. The van der Waals surface area contributed by atoms with E-state index in [0.29, 0.717) is 21.7 Å². The van der Waals surface area contributed by atoms with Gasteiger partial charge in [0.05, 0.1) is 5.75 Å². The van der Waals surface area contributed by atoms with Crippen LogP contribution < -0.4 is 10.1 Å². The lowest BCUT2D eigenvalue weighted by molar-refractivity contribution is -0.113. The van der Waals surface area contributed by atoms with Crippen molar-refractivity contribution in [2.45, 2.75) is 32.0 Å². The largest absolute Gasteiger partial charge is 0.483 e. The van der Waals surface area contributed by atoms with Gasteiger partial charge in [-0.2, -0.15) is 0 Å². The number of ether oxygens (including phenoxy) is 1. The zero-order chi connectivity index (χ0) is 21.0. The van der Waals surface area contributed by atoms with Gasteiger partial charge in [0.15, 0.2) is 17.1 Å². The average Bonchev–Trinajstić information content (AvgIpc) is 3.06. The summed E-state index contributed by atoms with van der Waals surface area (Å²) in [5.74, 6) is 1.55. The van der Waals surface area contributed by atoms with E-state index in [1.807, 2.05) is 68.8 Å². The third-order valence-electron chi connectivity index (χ3n) is 4.44. The van der Waals surface area contributed by atoms with Gasteiger partial charge in [0.1, 0.15) is 5.75 Å². The number of aryl methyl sites for hydroxylation is 1. The van der Waals surface area contributed by atoms with Crippen LogP contribution in [0.1, 0.15) is 30.0 Å². The van der Waals surface area contributed by atoms with E-state index in [1.165, 1.54) is 17.3 Å². The third-order valence-corrected chi connectivity index (χ3v) is 5.87. The normalized spacial score (nSPS) is 11.9. The highest BCUT2D eigenvalue weighted by Gasteiger charge is 2.18. The smallest absolute Gasteiger partial charge is 0.234 e. The molecule has 1 atom stereocenters. The number of benzene rings is 2. The fraction of sp³-hybridized carbons (Fsp3) is 0.286. The van der Waals surface area contributed by atoms with Crippen LogP contribution in [-0.4, -0.2) is 26.4 Å². The number of hydrogen-bond acceptors (Lipinski definition) is 5. The maximum Gasteiger partial charge on any atom is 0.234 e. The van der Waals surface area contributed by atoms with E-state index < -0.39 is 0 Å². The Hall–Kier alpha value is -2.51. The van der Waals surface area contributed by atoms with Crippen molar-refractivity contribution < 1.29 is 9.53 Å². The molecule has 1 N–H and O–H groups in total. The van der Waals surface area contributed by atoms with Gasteiger partial charge < -0.3 is 14.6 Å². The van der Waals surface area contributed by atoms with Crippen LogP contribution in [0, 0.1) is 13.8 Å². The van der Waals surface area contributed by atoms with Crippen molar-refractivity contribution in [1.29, 1.82) is 0 Å². The highest BCUT2D eigenvalue weighted by Crippen LogP contribution is 2.25. The number of anilines is 1. The number of thioether (sulfide) groups is 1. The summed E-state index contributed by atoms with van der Waals surface area (Å²) >= 11 is 7.42. The van der Waals surface area contributed by atoms with Crippen LogP contribution in [0.15, 0.2) is 47.6 Å². The lowest BCUT2D eigenvalue weighted by Crippen LogP contribution is -2.15. The standard InChI is InChI=1S/C21H23ClN4O2S/c1-13-8-10-16(11-9-13)28-15(3)20-24-25-21(26(20)4)29-12-19(27)23-18-7-5-6-17(22)14(18)2/h5-11,15H,12H2,1-4H3,(H,23,27). The second-order valence-corrected chi connectivity index (χ2v) is 8.07. The van der Waals surface area contributed by atoms with Crippen molar-refractivity contribution in [3.8, 4) is 5.75 Å². The predicted octanol–water partition coefficient (Wildman–Crippen LogP) is 4.96. The average molecular weight is 431 g/mol. The summed E-state index contributed by atoms with van der Waals surface area (Å²) in [6.45, 7) is 5.83. The molecule has 0 saturated carbocycles. The first-order valence-corrected chi connectivity index (χ1v) is 10.5. The summed E-state index contributed by atoms with van der Waals surface area (Å²) in [4.78, 5) is 12.3. The molecule has 0 saturated heterocycles. The Labute approximate surface area is 179 Å². The van der Waals surface area contributed by atoms with Gasteiger partial charge >= 0.3 is 0 Å². The van der Waals surface area contributed by atoms with Gasteiger partial charge in [0, 0.05) is 17.8 Å². The number of carbonyl (C=O) groups is 1. The van der Waals surface area contributed by atoms with Gasteiger partial charge in [-0.05, 0) is 50.6 Å². The SMILES string of the molecule is Cc1ccc(OC(C)c2nnc(SCC(=O)Nc3cccc(Cl)c3C)n2C)cc1. The van der Waals surface area contributed by atoms with Gasteiger partial charge in [-0.15, -0.1) is 10.2 Å². The van der Waals surface area contributed by atoms with Gasteiger partial charge in [-0.1, -0.05) is 47.1 Å². The number of amides is 1. The fourth-order valence-electron chi connectivity index (χ4n) is 2.74. The molecule has 8 heteroatoms. The van der Waals surface area contributed by atoms with Crippen LogP contribution in [0.4, 0.5) is 5.69 Å². The number of aromatic nitrogens is 3. The molecule has 1 aromatic heterocycles. The quantitative estimate of drug-likeness (QED) is 0.536. The summed E-state index contributed by atoms with van der Waals surface area (Å²) in [6.07, 6.45) is -0.271. The molecule has 0 fully saturated rings. The van der Waals surface area contributed by atoms with Crippen LogP contribution >= 0.6 is 23.4 Å². The molecule has 0 aliphatic heterocycles. The minimum absolute atomic E-state index is 0.131. The molecule has 0 aliphatic carbocycles. The van der Waals surface area contributed by atoms with E-state index in [9.17, 15) is 4.79 Å². The van der Waals surface area contributed by atoms with Crippen LogP contribution in [-0.2, 0) is 11.8 Å². The number of nitrogens with zero attached hydrogens (tertiary/aromatic N) is 3. The first-order chi connectivity index (χ1) is 13.8. The predicted molar refractivity (Wildman–Crippen MR) is 117 cm³/mol. The second kappa shape index (κ2) is 9.33. The molecule has 0 radical (unpaired) electrons. The van der Waals surface area contributed by atoms with Crippen molar-refractivity contribution in [2.24, 2.45) is 7.05 Å². The van der Waals surface area contributed by atoms with Gasteiger partial charge in [0.25, 0.3) is 0 Å². The van der Waals surface area contributed by atoms with E-state index in [4.69, 9.17) is 16.3 Å². The molecule has 1 unspecified atom stereocenters. The van der Waals surface area contributed by atoms with E-state index in [2.05, 4.69) is 15.5 Å². The number of nitrogens with one attached hydrogen (secondary N) is 1. The van der Waals surface area contributed by atoms with E-state index in [1.54, 1.807) is 6.07 Å². The van der Waals surface area contributed by atoms with Gasteiger partial charge in [-0.25, -0.2) is 0 Å². The summed E-state index contributed by atoms with van der Waals surface area (Å²) in [5, 5.41) is 12.6. The van der Waals surface area contributed by atoms with Crippen LogP contribution in [0.3, 0.4) is 0 Å². The number of rotatable bonds is 7. The lowest BCUT2D eigenvalue weighted by Gasteiger charge is -2.14. The Morgan fingerprint density at radius 2 is 1.93 bits per heavy atom. The maximum atomic E-state index is 12.3. The Morgan fingerprint density at radius 1 is 1.21 bits per heavy atom. The summed E-state index contributed by atoms with van der Waals surface area (Å²) in [6, 6.07) is 13.3. The molecule has 152 valence electrons. The highest BCUT2D eigenvalue weighted by molar-refractivity contribution is 7.99. The fourth-order valence-corrected chi connectivity index (χ4v) is 3.63. The summed E-state index contributed by atoms with van der Waals surface area (Å²) in [7, 11) is 1.87. The number of hydrogen-bond donors (Lipinski definition) is 1. The molecule has 1 heterocycles. The molecule has 0 spiro atoms. The molecule has 29 heavy (non-hydrogen) atoms. The highest BCUT2D eigenvalue weighted by atomic mass is 35.5. The molecular formula is C21H23ClN4O2S. The first-order valence-electron chi connectivity index (χ1n) is 9.15. The Kier molecular flexibility index (Phi) is 6.82. The Balaban J connectivity index is 1.59. The molecule has 3 rings (SSSR count). The number of carbonyl (C=O) groups excluding carboxylic acids is 1. The molecule has 2 aromatic carbocycles. The Morgan fingerprint density at radius 3 is 2.66 bits per heavy atom. The Bertz CT molecular complexity index is 1000. The van der Waals surface area contributed by atoms with E-state index in [0.717, 1.165) is 11.3 Å². The van der Waals surface area contributed by atoms with Crippen molar-refractivity contribution >= 4 is 35.0 Å². The van der Waals surface area contributed by atoms with Gasteiger partial charge in [-0.3, -0.25) is 4.79 Å². The third kappa shape index (κ3) is 5.31. The van der Waals surface area contributed by atoms with Crippen LogP contribution in [0.2, 0.25) is 5.02 Å². The van der Waals surface area contributed by atoms with Gasteiger partial charge in [0.2, 0.25) is 5.91 Å². The van der Waals surface area contributed by atoms with E-state index in [-0.39, 0.29) is 17.8 Å². The molecule has 6 nitrogen and oxygen atoms in total. The molecule has 0 bridgehead atoms. The van der Waals surface area contributed by atoms with Crippen LogP contribution in [0.5, 0.6) is 5.75 Å². The zero-order valence-electron chi connectivity index (χ0n) is 16.8. The van der Waals surface area contributed by atoms with Crippen molar-refractivity contribution in [1.82, 2.24) is 14.8 Å². The van der Waals surface area contributed by atoms with Crippen molar-refractivity contribution in [3.63, 3.8) is 0 Å². The second-order valence-electron chi connectivity index (χ2n) is 6.72. The lowest BCUT2D eigenvalue weighted by atomic mass is 10.2.